The molecule has 0 aliphatic heterocycles. The summed E-state index contributed by atoms with van der Waals surface area (Å²) in [7, 11) is 2.88. The second-order valence-electron chi connectivity index (χ2n) is 5.64. The number of ether oxygens (including phenoxy) is 2. The largest absolute Gasteiger partial charge is 0.467 e. The van der Waals surface area contributed by atoms with Gasteiger partial charge in [-0.15, -0.1) is 0 Å². The standard InChI is InChI=1S/C14H19Br2NO4/c1-7-8(15)10(17(5)12(18)9(7)16)11(13(19)20-6)21-14(2,3)4/h11H,1-6H3. The van der Waals surface area contributed by atoms with E-state index in [0.717, 1.165) is 0 Å². The molecule has 0 aliphatic rings. The lowest BCUT2D eigenvalue weighted by Crippen LogP contribution is -2.33. The minimum atomic E-state index is -0.992. The molecule has 1 aromatic rings. The summed E-state index contributed by atoms with van der Waals surface area (Å²) in [5.74, 6) is -0.553. The van der Waals surface area contributed by atoms with Crippen molar-refractivity contribution in [2.45, 2.75) is 39.4 Å². The van der Waals surface area contributed by atoms with Crippen LogP contribution >= 0.6 is 31.9 Å². The molecular weight excluding hydrogens is 406 g/mol. The lowest BCUT2D eigenvalue weighted by atomic mass is 10.1. The summed E-state index contributed by atoms with van der Waals surface area (Å²) in [4.78, 5) is 24.3. The van der Waals surface area contributed by atoms with Gasteiger partial charge in [-0.1, -0.05) is 0 Å². The van der Waals surface area contributed by atoms with Crippen LogP contribution in [-0.4, -0.2) is 23.2 Å². The highest BCUT2D eigenvalue weighted by atomic mass is 79.9. The Kier molecular flexibility index (Phi) is 5.80. The second-order valence-corrected chi connectivity index (χ2v) is 7.22. The van der Waals surface area contributed by atoms with Crippen LogP contribution in [0.15, 0.2) is 13.7 Å². The molecule has 0 aromatic carbocycles. The number of halogens is 2. The van der Waals surface area contributed by atoms with Gasteiger partial charge in [0.15, 0.2) is 6.10 Å². The van der Waals surface area contributed by atoms with Crippen LogP contribution in [0.5, 0.6) is 0 Å². The van der Waals surface area contributed by atoms with Crippen LogP contribution < -0.4 is 5.56 Å². The first-order chi connectivity index (χ1) is 9.51. The van der Waals surface area contributed by atoms with E-state index in [1.54, 1.807) is 14.0 Å². The molecule has 7 heteroatoms. The Balaban J connectivity index is 3.59. The monoisotopic (exact) mass is 423 g/mol. The predicted octanol–water partition coefficient (Wildman–Crippen LogP) is 3.25. The maximum atomic E-state index is 12.2. The topological polar surface area (TPSA) is 57.5 Å². The normalized spacial score (nSPS) is 13.1. The number of hydrogen-bond donors (Lipinski definition) is 0. The van der Waals surface area contributed by atoms with E-state index in [1.165, 1.54) is 11.7 Å². The van der Waals surface area contributed by atoms with Gasteiger partial charge in [-0.3, -0.25) is 4.79 Å². The van der Waals surface area contributed by atoms with E-state index in [4.69, 9.17) is 9.47 Å². The van der Waals surface area contributed by atoms with Gasteiger partial charge in [-0.25, -0.2) is 4.79 Å². The molecule has 0 bridgehead atoms. The first-order valence-electron chi connectivity index (χ1n) is 6.31. The molecule has 0 amide bonds. The summed E-state index contributed by atoms with van der Waals surface area (Å²) < 4.78 is 13.1. The summed E-state index contributed by atoms with van der Waals surface area (Å²) in [5, 5.41) is 0. The number of aromatic nitrogens is 1. The van der Waals surface area contributed by atoms with Crippen LogP contribution in [0.2, 0.25) is 0 Å². The van der Waals surface area contributed by atoms with E-state index >= 15 is 0 Å². The van der Waals surface area contributed by atoms with E-state index in [0.29, 0.717) is 20.2 Å². The van der Waals surface area contributed by atoms with Crippen LogP contribution in [0.25, 0.3) is 0 Å². The van der Waals surface area contributed by atoms with Crippen molar-refractivity contribution in [1.29, 1.82) is 0 Å². The summed E-state index contributed by atoms with van der Waals surface area (Å²) in [6.45, 7) is 7.28. The number of carbonyl (C=O) groups is 1. The minimum Gasteiger partial charge on any atom is -0.467 e. The van der Waals surface area contributed by atoms with Crippen molar-refractivity contribution in [2.75, 3.05) is 7.11 Å². The molecule has 118 valence electrons. The molecule has 0 saturated heterocycles. The third-order valence-electron chi connectivity index (χ3n) is 2.87. The number of carbonyl (C=O) groups excluding carboxylic acids is 1. The van der Waals surface area contributed by atoms with Crippen molar-refractivity contribution < 1.29 is 14.3 Å². The molecule has 0 radical (unpaired) electrons. The Morgan fingerprint density at radius 3 is 2.19 bits per heavy atom. The Labute approximate surface area is 140 Å². The number of esters is 1. The average molecular weight is 425 g/mol. The number of methoxy groups -OCH3 is 1. The molecule has 21 heavy (non-hydrogen) atoms. The summed E-state index contributed by atoms with van der Waals surface area (Å²) in [6.07, 6.45) is -0.992. The van der Waals surface area contributed by atoms with Gasteiger partial charge in [0.1, 0.15) is 0 Å². The lowest BCUT2D eigenvalue weighted by Gasteiger charge is -2.28. The summed E-state index contributed by atoms with van der Waals surface area (Å²) >= 11 is 6.70. The van der Waals surface area contributed by atoms with Crippen LogP contribution in [0.1, 0.15) is 38.1 Å². The van der Waals surface area contributed by atoms with Gasteiger partial charge in [0.2, 0.25) is 0 Å². The molecule has 0 spiro atoms. The van der Waals surface area contributed by atoms with Crippen molar-refractivity contribution in [3.63, 3.8) is 0 Å². The van der Waals surface area contributed by atoms with E-state index < -0.39 is 17.7 Å². The first kappa shape index (κ1) is 18.4. The highest BCUT2D eigenvalue weighted by Crippen LogP contribution is 2.33. The van der Waals surface area contributed by atoms with Gasteiger partial charge in [-0.05, 0) is 65.1 Å². The molecule has 1 rings (SSSR count). The maximum Gasteiger partial charge on any atom is 0.341 e. The summed E-state index contributed by atoms with van der Waals surface area (Å²) in [6, 6.07) is 0. The predicted molar refractivity (Wildman–Crippen MR) is 87.4 cm³/mol. The first-order valence-corrected chi connectivity index (χ1v) is 7.90. The molecule has 1 heterocycles. The van der Waals surface area contributed by atoms with Crippen molar-refractivity contribution in [3.8, 4) is 0 Å². The molecule has 1 aromatic heterocycles. The fourth-order valence-corrected chi connectivity index (χ4v) is 3.22. The number of pyridine rings is 1. The van der Waals surface area contributed by atoms with Gasteiger partial charge >= 0.3 is 5.97 Å². The molecule has 1 atom stereocenters. The Bertz CT molecular complexity index is 617. The number of hydrogen-bond acceptors (Lipinski definition) is 4. The Morgan fingerprint density at radius 1 is 1.24 bits per heavy atom. The van der Waals surface area contributed by atoms with Crippen LogP contribution in [0.4, 0.5) is 0 Å². The van der Waals surface area contributed by atoms with Crippen LogP contribution in [0.3, 0.4) is 0 Å². The molecule has 1 unspecified atom stereocenters. The molecule has 0 N–H and O–H groups in total. The van der Waals surface area contributed by atoms with Gasteiger partial charge < -0.3 is 14.0 Å². The highest BCUT2D eigenvalue weighted by Gasteiger charge is 2.33. The zero-order valence-corrected chi connectivity index (χ0v) is 16.1. The lowest BCUT2D eigenvalue weighted by molar-refractivity contribution is -0.165. The van der Waals surface area contributed by atoms with Gasteiger partial charge in [0.05, 0.1) is 22.9 Å². The highest BCUT2D eigenvalue weighted by molar-refractivity contribution is 9.11. The summed E-state index contributed by atoms with van der Waals surface area (Å²) in [5.41, 5.74) is 0.328. The number of rotatable bonds is 3. The van der Waals surface area contributed by atoms with E-state index in [1.807, 2.05) is 20.8 Å². The van der Waals surface area contributed by atoms with Gasteiger partial charge in [0, 0.05) is 11.5 Å². The molecule has 0 fully saturated rings. The molecule has 5 nitrogen and oxygen atoms in total. The molecule has 0 aliphatic carbocycles. The quantitative estimate of drug-likeness (QED) is 0.699. The zero-order valence-electron chi connectivity index (χ0n) is 12.9. The zero-order chi connectivity index (χ0) is 16.5. The van der Waals surface area contributed by atoms with Crippen molar-refractivity contribution >= 4 is 37.8 Å². The Morgan fingerprint density at radius 2 is 1.76 bits per heavy atom. The third kappa shape index (κ3) is 3.96. The third-order valence-corrected chi connectivity index (χ3v) is 4.81. The van der Waals surface area contributed by atoms with Crippen molar-refractivity contribution in [1.82, 2.24) is 4.57 Å². The smallest absolute Gasteiger partial charge is 0.341 e. The number of nitrogens with zero attached hydrogens (tertiary/aromatic N) is 1. The molecule has 0 saturated carbocycles. The average Bonchev–Trinajstić information content (AvgIpc) is 2.39. The van der Waals surface area contributed by atoms with E-state index in [2.05, 4.69) is 31.9 Å². The van der Waals surface area contributed by atoms with Gasteiger partial charge in [-0.2, -0.15) is 0 Å². The van der Waals surface area contributed by atoms with Crippen molar-refractivity contribution in [2.24, 2.45) is 7.05 Å². The van der Waals surface area contributed by atoms with Crippen molar-refractivity contribution in [3.05, 3.63) is 30.6 Å². The maximum absolute atomic E-state index is 12.2. The fraction of sp³-hybridized carbons (Fsp3) is 0.571. The molecular formula is C14H19Br2NO4. The van der Waals surface area contributed by atoms with E-state index in [-0.39, 0.29) is 5.56 Å². The Hall–Kier alpha value is -0.660. The van der Waals surface area contributed by atoms with Gasteiger partial charge in [0.25, 0.3) is 5.56 Å². The minimum absolute atomic E-state index is 0.239. The second kappa shape index (κ2) is 6.62. The van der Waals surface area contributed by atoms with Crippen LogP contribution in [-0.2, 0) is 21.3 Å². The van der Waals surface area contributed by atoms with E-state index in [9.17, 15) is 9.59 Å². The SMILES string of the molecule is COC(=O)C(OC(C)(C)C)c1c(Br)c(C)c(Br)c(=O)n1C. The fourth-order valence-electron chi connectivity index (χ4n) is 1.82. The van der Waals surface area contributed by atoms with Crippen LogP contribution in [0, 0.1) is 6.92 Å².